The average molecular weight is 728 g/mol. The Labute approximate surface area is 324 Å². The van der Waals surface area contributed by atoms with E-state index in [2.05, 4.69) is 31.3 Å². The molecule has 2 N–H and O–H groups in total. The van der Waals surface area contributed by atoms with Crippen LogP contribution in [0.5, 0.6) is 0 Å². The first-order valence-corrected chi connectivity index (χ1v) is 23.2. The first-order valence-electron chi connectivity index (χ1n) is 23.2. The molecule has 1 rings (SSSR count). The Morgan fingerprint density at radius 1 is 0.519 bits per heavy atom. The largest absolute Gasteiger partial charge is 0.394 e. The topological polar surface area (TPSA) is 58.6 Å². The molecule has 0 saturated carbocycles. The van der Waals surface area contributed by atoms with Gasteiger partial charge in [0.25, 0.3) is 0 Å². The van der Waals surface area contributed by atoms with Gasteiger partial charge in [0.15, 0.2) is 0 Å². The molecule has 0 spiro atoms. The third-order valence-corrected chi connectivity index (χ3v) is 11.2. The summed E-state index contributed by atoms with van der Waals surface area (Å²) < 4.78 is 6.11. The number of carbonyl (C=O) groups is 1. The molecule has 4 heteroatoms. The Kier molecular flexibility index (Phi) is 35.4. The zero-order valence-corrected chi connectivity index (χ0v) is 35.0. The van der Waals surface area contributed by atoms with Crippen LogP contribution in [0.2, 0.25) is 0 Å². The van der Waals surface area contributed by atoms with Gasteiger partial charge in [-0.05, 0) is 18.4 Å². The number of hydrogen-bond donors (Lipinski definition) is 2. The van der Waals surface area contributed by atoms with Gasteiger partial charge < -0.3 is 15.2 Å². The van der Waals surface area contributed by atoms with E-state index in [4.69, 9.17) is 4.74 Å². The van der Waals surface area contributed by atoms with Crippen molar-refractivity contribution in [2.45, 2.75) is 251 Å². The number of hydrogen-bond acceptors (Lipinski definition) is 3. The van der Waals surface area contributed by atoms with Crippen molar-refractivity contribution in [1.29, 1.82) is 0 Å². The van der Waals surface area contributed by atoms with Gasteiger partial charge in [-0.1, -0.05) is 250 Å². The lowest BCUT2D eigenvalue weighted by Crippen LogP contribution is -2.54. The smallest absolute Gasteiger partial charge is 0.220 e. The highest BCUT2D eigenvalue weighted by Gasteiger charge is 2.31. The molecule has 52 heavy (non-hydrogen) atoms. The molecule has 0 aromatic heterocycles. The molecule has 0 aliphatic carbocycles. The van der Waals surface area contributed by atoms with Crippen molar-refractivity contribution in [2.75, 3.05) is 13.2 Å². The highest BCUT2D eigenvalue weighted by atomic mass is 16.5. The van der Waals surface area contributed by atoms with E-state index < -0.39 is 5.54 Å². The molecule has 4 nitrogen and oxygen atoms in total. The fourth-order valence-electron chi connectivity index (χ4n) is 7.65. The van der Waals surface area contributed by atoms with Crippen LogP contribution in [0, 0.1) is 0 Å². The predicted molar refractivity (Wildman–Crippen MR) is 227 cm³/mol. The maximum atomic E-state index is 13.1. The molecule has 0 aliphatic heterocycles. The monoisotopic (exact) mass is 728 g/mol. The summed E-state index contributed by atoms with van der Waals surface area (Å²) in [5.41, 5.74) is 0.419. The van der Waals surface area contributed by atoms with Gasteiger partial charge >= 0.3 is 0 Å². The molecule has 0 saturated heterocycles. The van der Waals surface area contributed by atoms with E-state index in [9.17, 15) is 9.90 Å². The number of aliphatic hydroxyl groups is 1. The van der Waals surface area contributed by atoms with Crippen molar-refractivity contribution in [1.82, 2.24) is 5.32 Å². The zero-order chi connectivity index (χ0) is 37.5. The molecule has 0 radical (unpaired) electrons. The Morgan fingerprint density at radius 2 is 0.865 bits per heavy atom. The number of aliphatic hydroxyl groups excluding tert-OH is 1. The fraction of sp³-hybridized carbons (Fsp3) is 0.854. The second-order valence-electron chi connectivity index (χ2n) is 16.4. The molecule has 0 aliphatic rings. The standard InChI is InChI=1S/C48H89NO3/c1-3-5-7-9-11-13-15-17-18-19-20-21-22-23-24-25-26-28-30-32-37-41-47(51)49-48(44-50,45-52-43-46-39-35-34-36-40-46)42-38-33-31-29-27-16-14-12-10-8-6-4-2/h34-36,39-40,50H,3-33,37-38,41-45H2,1-2H3,(H,49,51). The molecule has 1 unspecified atom stereocenters. The molecule has 1 aromatic rings. The van der Waals surface area contributed by atoms with Crippen LogP contribution in [-0.2, 0) is 16.1 Å². The van der Waals surface area contributed by atoms with E-state index >= 15 is 0 Å². The minimum Gasteiger partial charge on any atom is -0.394 e. The van der Waals surface area contributed by atoms with Crippen molar-refractivity contribution in [3.05, 3.63) is 35.9 Å². The van der Waals surface area contributed by atoms with Crippen molar-refractivity contribution in [3.8, 4) is 0 Å². The summed E-state index contributed by atoms with van der Waals surface area (Å²) in [7, 11) is 0. The predicted octanol–water partition coefficient (Wildman–Crippen LogP) is 14.7. The summed E-state index contributed by atoms with van der Waals surface area (Å²) in [6, 6.07) is 10.2. The van der Waals surface area contributed by atoms with E-state index in [-0.39, 0.29) is 12.5 Å². The third kappa shape index (κ3) is 31.0. The van der Waals surface area contributed by atoms with Crippen LogP contribution in [0.4, 0.5) is 0 Å². The van der Waals surface area contributed by atoms with Crippen LogP contribution < -0.4 is 5.32 Å². The van der Waals surface area contributed by atoms with Gasteiger partial charge in [-0.25, -0.2) is 0 Å². The van der Waals surface area contributed by atoms with E-state index in [1.165, 1.54) is 186 Å². The number of benzene rings is 1. The summed E-state index contributed by atoms with van der Waals surface area (Å²) in [6.45, 7) is 5.34. The highest BCUT2D eigenvalue weighted by Crippen LogP contribution is 2.20. The van der Waals surface area contributed by atoms with Crippen LogP contribution >= 0.6 is 0 Å². The van der Waals surface area contributed by atoms with Crippen molar-refractivity contribution in [2.24, 2.45) is 0 Å². The molecule has 0 fully saturated rings. The van der Waals surface area contributed by atoms with Gasteiger partial charge in [-0.3, -0.25) is 4.79 Å². The first kappa shape index (κ1) is 48.6. The van der Waals surface area contributed by atoms with Crippen LogP contribution in [0.25, 0.3) is 0 Å². The number of amides is 1. The lowest BCUT2D eigenvalue weighted by molar-refractivity contribution is -0.125. The number of ether oxygens (including phenoxy) is 1. The third-order valence-electron chi connectivity index (χ3n) is 11.2. The second-order valence-corrected chi connectivity index (χ2v) is 16.4. The molecular weight excluding hydrogens is 639 g/mol. The van der Waals surface area contributed by atoms with Crippen LogP contribution in [0.3, 0.4) is 0 Å². The zero-order valence-electron chi connectivity index (χ0n) is 35.0. The van der Waals surface area contributed by atoms with Crippen LogP contribution in [-0.4, -0.2) is 29.8 Å². The minimum absolute atomic E-state index is 0.0640. The van der Waals surface area contributed by atoms with Gasteiger partial charge in [0.2, 0.25) is 5.91 Å². The van der Waals surface area contributed by atoms with Gasteiger partial charge in [0, 0.05) is 6.42 Å². The molecule has 0 bridgehead atoms. The molecule has 304 valence electrons. The Bertz CT molecular complexity index is 860. The fourth-order valence-corrected chi connectivity index (χ4v) is 7.65. The van der Waals surface area contributed by atoms with E-state index in [1.54, 1.807) is 0 Å². The first-order chi connectivity index (χ1) is 25.7. The SMILES string of the molecule is CCCCCCCCCCCCCCCCCCCCCCCC(=O)NC(CO)(CCCCCCCCCCCCCC)COCc1ccccc1. The number of unbranched alkanes of at least 4 members (excludes halogenated alkanes) is 31. The molecule has 1 atom stereocenters. The van der Waals surface area contributed by atoms with Gasteiger partial charge in [0.1, 0.15) is 0 Å². The van der Waals surface area contributed by atoms with E-state index in [0.717, 1.165) is 37.7 Å². The van der Waals surface area contributed by atoms with Crippen LogP contribution in [0.1, 0.15) is 244 Å². The van der Waals surface area contributed by atoms with Crippen LogP contribution in [0.15, 0.2) is 30.3 Å². The van der Waals surface area contributed by atoms with Gasteiger partial charge in [-0.15, -0.1) is 0 Å². The van der Waals surface area contributed by atoms with Crippen molar-refractivity contribution < 1.29 is 14.6 Å². The minimum atomic E-state index is -0.697. The number of nitrogens with one attached hydrogen (secondary N) is 1. The molecule has 1 amide bonds. The molecule has 0 heterocycles. The second kappa shape index (κ2) is 37.9. The summed E-state index contributed by atoms with van der Waals surface area (Å²) in [6.07, 6.45) is 45.6. The normalized spacial score (nSPS) is 12.7. The van der Waals surface area contributed by atoms with Gasteiger partial charge in [-0.2, -0.15) is 0 Å². The molecule has 1 aromatic carbocycles. The maximum absolute atomic E-state index is 13.1. The number of carbonyl (C=O) groups excluding carboxylic acids is 1. The summed E-state index contributed by atoms with van der Waals surface area (Å²) >= 11 is 0. The molecular formula is C48H89NO3. The van der Waals surface area contributed by atoms with E-state index in [1.807, 2.05) is 18.2 Å². The quantitative estimate of drug-likeness (QED) is 0.0660. The van der Waals surface area contributed by atoms with E-state index in [0.29, 0.717) is 19.6 Å². The maximum Gasteiger partial charge on any atom is 0.220 e. The highest BCUT2D eigenvalue weighted by molar-refractivity contribution is 5.76. The van der Waals surface area contributed by atoms with Crippen molar-refractivity contribution in [3.63, 3.8) is 0 Å². The summed E-state index contributed by atoms with van der Waals surface area (Å²) in [5, 5.41) is 13.8. The van der Waals surface area contributed by atoms with Gasteiger partial charge in [0.05, 0.1) is 25.4 Å². The average Bonchev–Trinajstić information content (AvgIpc) is 3.16. The Balaban J connectivity index is 2.14. The Morgan fingerprint density at radius 3 is 1.23 bits per heavy atom. The lowest BCUT2D eigenvalue weighted by Gasteiger charge is -2.33. The summed E-state index contributed by atoms with van der Waals surface area (Å²) in [4.78, 5) is 13.1. The summed E-state index contributed by atoms with van der Waals surface area (Å²) in [5.74, 6) is 0.0640. The number of rotatable bonds is 41. The van der Waals surface area contributed by atoms with Crippen molar-refractivity contribution >= 4 is 5.91 Å². The Hall–Kier alpha value is -1.39. The lowest BCUT2D eigenvalue weighted by atomic mass is 9.92.